The number of rotatable bonds is 6. The topological polar surface area (TPSA) is 55.6 Å². The zero-order chi connectivity index (χ0) is 18.8. The van der Waals surface area contributed by atoms with Crippen molar-refractivity contribution in [3.8, 4) is 17.1 Å². The molecule has 0 unspecified atom stereocenters. The van der Waals surface area contributed by atoms with Gasteiger partial charge in [-0.1, -0.05) is 5.16 Å². The summed E-state index contributed by atoms with van der Waals surface area (Å²) < 4.78 is 23.7. The molecule has 1 fully saturated rings. The van der Waals surface area contributed by atoms with E-state index in [1.165, 1.54) is 24.3 Å². The highest BCUT2D eigenvalue weighted by atomic mass is 19.1. The molecular weight excluding hydrogens is 347 g/mol. The summed E-state index contributed by atoms with van der Waals surface area (Å²) in [6.45, 7) is 0.362. The molecule has 0 saturated heterocycles. The molecule has 138 valence electrons. The number of nitrogens with zero attached hydrogens (tertiary/aromatic N) is 2. The standard InChI is InChI=1S/C21H19FN2O3/c1-26-19-10-4-14(5-11-19)20-12-17(23-27-20)13-24(18-8-9-18)21(25)15-2-6-16(22)7-3-15/h2-7,10-12,18H,8-9,13H2,1H3. The van der Waals surface area contributed by atoms with Gasteiger partial charge >= 0.3 is 0 Å². The van der Waals surface area contributed by atoms with Gasteiger partial charge in [0.15, 0.2) is 5.76 Å². The van der Waals surface area contributed by atoms with E-state index in [1.807, 2.05) is 30.3 Å². The highest BCUT2D eigenvalue weighted by molar-refractivity contribution is 5.94. The molecule has 0 radical (unpaired) electrons. The first kappa shape index (κ1) is 17.3. The van der Waals surface area contributed by atoms with Crippen LogP contribution in [0.4, 0.5) is 4.39 Å². The zero-order valence-electron chi connectivity index (χ0n) is 14.9. The summed E-state index contributed by atoms with van der Waals surface area (Å²) >= 11 is 0. The van der Waals surface area contributed by atoms with Crippen LogP contribution in [0.3, 0.4) is 0 Å². The van der Waals surface area contributed by atoms with Gasteiger partial charge in [-0.3, -0.25) is 4.79 Å². The Morgan fingerprint density at radius 3 is 2.52 bits per heavy atom. The van der Waals surface area contributed by atoms with Gasteiger partial charge in [0.2, 0.25) is 0 Å². The maximum atomic E-state index is 13.1. The number of methoxy groups -OCH3 is 1. The first-order valence-corrected chi connectivity index (χ1v) is 8.80. The summed E-state index contributed by atoms with van der Waals surface area (Å²) in [4.78, 5) is 14.6. The van der Waals surface area contributed by atoms with Crippen LogP contribution in [0, 0.1) is 5.82 Å². The van der Waals surface area contributed by atoms with Crippen molar-refractivity contribution in [1.82, 2.24) is 10.1 Å². The molecule has 27 heavy (non-hydrogen) atoms. The molecule has 5 nitrogen and oxygen atoms in total. The Morgan fingerprint density at radius 2 is 1.89 bits per heavy atom. The summed E-state index contributed by atoms with van der Waals surface area (Å²) in [5.41, 5.74) is 2.04. The Bertz CT molecular complexity index is 931. The fraction of sp³-hybridized carbons (Fsp3) is 0.238. The van der Waals surface area contributed by atoms with Gasteiger partial charge < -0.3 is 14.2 Å². The van der Waals surface area contributed by atoms with E-state index < -0.39 is 0 Å². The number of benzene rings is 2. The Kier molecular flexibility index (Phi) is 4.62. The minimum atomic E-state index is -0.356. The lowest BCUT2D eigenvalue weighted by atomic mass is 10.1. The highest BCUT2D eigenvalue weighted by Crippen LogP contribution is 2.31. The second-order valence-corrected chi connectivity index (χ2v) is 6.58. The summed E-state index contributed by atoms with van der Waals surface area (Å²) in [6.07, 6.45) is 1.94. The van der Waals surface area contributed by atoms with Crippen molar-refractivity contribution in [2.24, 2.45) is 0 Å². The molecule has 1 heterocycles. The summed E-state index contributed by atoms with van der Waals surface area (Å²) in [6, 6.07) is 15.2. The average Bonchev–Trinajstić information content (AvgIpc) is 3.44. The summed E-state index contributed by atoms with van der Waals surface area (Å²) in [5, 5.41) is 4.12. The van der Waals surface area contributed by atoms with Crippen molar-refractivity contribution < 1.29 is 18.4 Å². The minimum absolute atomic E-state index is 0.119. The van der Waals surface area contributed by atoms with Crippen molar-refractivity contribution in [3.05, 3.63) is 71.7 Å². The van der Waals surface area contributed by atoms with Crippen LogP contribution in [0.5, 0.6) is 5.75 Å². The summed E-state index contributed by atoms with van der Waals surface area (Å²) in [5.74, 6) is 0.928. The van der Waals surface area contributed by atoms with Gasteiger partial charge in [-0.05, 0) is 61.4 Å². The number of hydrogen-bond donors (Lipinski definition) is 0. The Balaban J connectivity index is 1.51. The number of halogens is 1. The molecule has 6 heteroatoms. The minimum Gasteiger partial charge on any atom is -0.497 e. The summed E-state index contributed by atoms with van der Waals surface area (Å²) in [7, 11) is 1.62. The number of carbonyl (C=O) groups excluding carboxylic acids is 1. The molecule has 1 aliphatic carbocycles. The normalized spacial score (nSPS) is 13.4. The van der Waals surface area contributed by atoms with Gasteiger partial charge in [0.25, 0.3) is 5.91 Å². The second kappa shape index (κ2) is 7.23. The van der Waals surface area contributed by atoms with E-state index in [0.29, 0.717) is 23.6 Å². The fourth-order valence-corrected chi connectivity index (χ4v) is 2.96. The van der Waals surface area contributed by atoms with E-state index >= 15 is 0 Å². The molecule has 1 amide bonds. The molecule has 0 bridgehead atoms. The Morgan fingerprint density at radius 1 is 1.19 bits per heavy atom. The predicted octanol–water partition coefficient (Wildman–Crippen LogP) is 4.29. The van der Waals surface area contributed by atoms with E-state index in [4.69, 9.17) is 9.26 Å². The van der Waals surface area contributed by atoms with E-state index in [2.05, 4.69) is 5.16 Å². The Labute approximate surface area is 156 Å². The molecular formula is C21H19FN2O3. The van der Waals surface area contributed by atoms with Gasteiger partial charge in [0, 0.05) is 23.2 Å². The number of amides is 1. The number of aromatic nitrogens is 1. The smallest absolute Gasteiger partial charge is 0.254 e. The van der Waals surface area contributed by atoms with Crippen molar-refractivity contribution in [2.45, 2.75) is 25.4 Å². The molecule has 0 spiro atoms. The van der Waals surface area contributed by atoms with Crippen molar-refractivity contribution in [2.75, 3.05) is 7.11 Å². The van der Waals surface area contributed by atoms with Crippen LogP contribution in [0.2, 0.25) is 0 Å². The van der Waals surface area contributed by atoms with Gasteiger partial charge in [0.1, 0.15) is 17.3 Å². The van der Waals surface area contributed by atoms with Crippen molar-refractivity contribution in [3.63, 3.8) is 0 Å². The van der Waals surface area contributed by atoms with Gasteiger partial charge in [0.05, 0.1) is 13.7 Å². The average molecular weight is 366 g/mol. The Hall–Kier alpha value is -3.15. The lowest BCUT2D eigenvalue weighted by molar-refractivity contribution is 0.0726. The number of ether oxygens (including phenoxy) is 1. The van der Waals surface area contributed by atoms with E-state index in [0.717, 1.165) is 24.2 Å². The van der Waals surface area contributed by atoms with Crippen LogP contribution in [0.1, 0.15) is 28.9 Å². The molecule has 3 aromatic rings. The van der Waals surface area contributed by atoms with Crippen LogP contribution < -0.4 is 4.74 Å². The molecule has 0 N–H and O–H groups in total. The first-order valence-electron chi connectivity index (χ1n) is 8.80. The van der Waals surface area contributed by atoms with Gasteiger partial charge in [-0.15, -0.1) is 0 Å². The van der Waals surface area contributed by atoms with E-state index in [-0.39, 0.29) is 17.8 Å². The van der Waals surface area contributed by atoms with E-state index in [1.54, 1.807) is 12.0 Å². The fourth-order valence-electron chi connectivity index (χ4n) is 2.96. The largest absolute Gasteiger partial charge is 0.497 e. The van der Waals surface area contributed by atoms with Crippen molar-refractivity contribution >= 4 is 5.91 Å². The highest BCUT2D eigenvalue weighted by Gasteiger charge is 2.33. The maximum absolute atomic E-state index is 13.1. The van der Waals surface area contributed by atoms with Crippen molar-refractivity contribution in [1.29, 1.82) is 0 Å². The first-order chi connectivity index (χ1) is 13.1. The zero-order valence-corrected chi connectivity index (χ0v) is 14.9. The third-order valence-corrected chi connectivity index (χ3v) is 4.61. The van der Waals surface area contributed by atoms with Gasteiger partial charge in [-0.2, -0.15) is 0 Å². The lowest BCUT2D eigenvalue weighted by Crippen LogP contribution is -2.32. The SMILES string of the molecule is COc1ccc(-c2cc(CN(C(=O)c3ccc(F)cc3)C3CC3)no2)cc1. The molecule has 1 aromatic heterocycles. The third kappa shape index (κ3) is 3.84. The molecule has 4 rings (SSSR count). The number of hydrogen-bond acceptors (Lipinski definition) is 4. The molecule has 0 atom stereocenters. The molecule has 1 saturated carbocycles. The quantitative estimate of drug-likeness (QED) is 0.653. The molecule has 2 aromatic carbocycles. The molecule has 0 aliphatic heterocycles. The number of carbonyl (C=O) groups is 1. The lowest BCUT2D eigenvalue weighted by Gasteiger charge is -2.21. The van der Waals surface area contributed by atoms with Crippen LogP contribution in [-0.4, -0.2) is 29.1 Å². The second-order valence-electron chi connectivity index (χ2n) is 6.58. The van der Waals surface area contributed by atoms with Gasteiger partial charge in [-0.25, -0.2) is 4.39 Å². The van der Waals surface area contributed by atoms with Crippen LogP contribution >= 0.6 is 0 Å². The van der Waals surface area contributed by atoms with Crippen LogP contribution in [0.15, 0.2) is 59.1 Å². The molecule has 1 aliphatic rings. The monoisotopic (exact) mass is 366 g/mol. The predicted molar refractivity (Wildman–Crippen MR) is 97.8 cm³/mol. The maximum Gasteiger partial charge on any atom is 0.254 e. The van der Waals surface area contributed by atoms with Crippen LogP contribution in [0.25, 0.3) is 11.3 Å². The third-order valence-electron chi connectivity index (χ3n) is 4.61. The van der Waals surface area contributed by atoms with Crippen LogP contribution in [-0.2, 0) is 6.54 Å². The van der Waals surface area contributed by atoms with E-state index in [9.17, 15) is 9.18 Å².